The molecule has 5 heteroatoms. The second kappa shape index (κ2) is 4.50. The van der Waals surface area contributed by atoms with Crippen LogP contribution in [0.15, 0.2) is 12.5 Å². The number of hydrogen-bond donors (Lipinski definition) is 2. The van der Waals surface area contributed by atoms with Crippen molar-refractivity contribution in [3.8, 4) is 12.3 Å². The van der Waals surface area contributed by atoms with Crippen LogP contribution in [0.5, 0.6) is 0 Å². The first-order chi connectivity index (χ1) is 9.88. The molecule has 2 saturated heterocycles. The molecule has 2 aromatic rings. The number of nitrogens with one attached hydrogen (secondary N) is 2. The summed E-state index contributed by atoms with van der Waals surface area (Å²) in [5, 5.41) is 4.48. The standard InChI is InChI=1S/C15H17N5/c1-2-10-7-17-14-13(10)15(19-9-18-14)20-6-4-11-3-5-16-8-12(11)20/h1,7,9,11-12,16H,3-6,8H2,(H,17,18,19)/t11-,12-/m1/s1. The van der Waals surface area contributed by atoms with Gasteiger partial charge in [-0.1, -0.05) is 5.92 Å². The van der Waals surface area contributed by atoms with Crippen molar-refractivity contribution in [2.75, 3.05) is 24.5 Å². The van der Waals surface area contributed by atoms with Gasteiger partial charge in [-0.15, -0.1) is 6.42 Å². The van der Waals surface area contributed by atoms with Gasteiger partial charge in [0.05, 0.1) is 10.9 Å². The van der Waals surface area contributed by atoms with Gasteiger partial charge in [-0.25, -0.2) is 9.97 Å². The monoisotopic (exact) mass is 267 g/mol. The third-order valence-electron chi connectivity index (χ3n) is 4.61. The van der Waals surface area contributed by atoms with Crippen LogP contribution in [0, 0.1) is 18.3 Å². The summed E-state index contributed by atoms with van der Waals surface area (Å²) in [6, 6.07) is 0.530. The van der Waals surface area contributed by atoms with E-state index in [0.717, 1.165) is 48.0 Å². The lowest BCUT2D eigenvalue weighted by molar-refractivity contribution is 0.358. The lowest BCUT2D eigenvalue weighted by atomic mass is 9.93. The average Bonchev–Trinajstić information content (AvgIpc) is 3.11. The zero-order valence-electron chi connectivity index (χ0n) is 11.3. The van der Waals surface area contributed by atoms with Crippen LogP contribution in [-0.4, -0.2) is 40.6 Å². The van der Waals surface area contributed by atoms with E-state index in [0.29, 0.717) is 6.04 Å². The van der Waals surface area contributed by atoms with Crippen molar-refractivity contribution in [1.29, 1.82) is 0 Å². The summed E-state index contributed by atoms with van der Waals surface area (Å²) < 4.78 is 0. The highest BCUT2D eigenvalue weighted by Gasteiger charge is 2.37. The molecule has 0 saturated carbocycles. The SMILES string of the molecule is C#Cc1c[nH]c2ncnc(N3CC[C@H]4CCNC[C@H]43)c12. The summed E-state index contributed by atoms with van der Waals surface area (Å²) in [7, 11) is 0. The van der Waals surface area contributed by atoms with E-state index in [1.165, 1.54) is 12.8 Å². The molecule has 2 aromatic heterocycles. The van der Waals surface area contributed by atoms with Gasteiger partial charge in [-0.3, -0.25) is 0 Å². The lowest BCUT2D eigenvalue weighted by Gasteiger charge is -2.33. The van der Waals surface area contributed by atoms with Crippen molar-refractivity contribution < 1.29 is 0 Å². The molecule has 0 aromatic carbocycles. The largest absolute Gasteiger partial charge is 0.351 e. The summed E-state index contributed by atoms with van der Waals surface area (Å²) in [6.45, 7) is 3.22. The highest BCUT2D eigenvalue weighted by molar-refractivity contribution is 5.93. The minimum Gasteiger partial charge on any atom is -0.351 e. The highest BCUT2D eigenvalue weighted by Crippen LogP contribution is 2.35. The van der Waals surface area contributed by atoms with Crippen molar-refractivity contribution in [3.63, 3.8) is 0 Å². The summed E-state index contributed by atoms with van der Waals surface area (Å²) >= 11 is 0. The highest BCUT2D eigenvalue weighted by atomic mass is 15.3. The van der Waals surface area contributed by atoms with Gasteiger partial charge in [0.15, 0.2) is 0 Å². The Bertz CT molecular complexity index is 683. The third kappa shape index (κ3) is 1.61. The molecule has 0 bridgehead atoms. The van der Waals surface area contributed by atoms with E-state index in [9.17, 15) is 0 Å². The fourth-order valence-electron chi connectivity index (χ4n) is 3.61. The molecule has 5 nitrogen and oxygen atoms in total. The molecule has 2 aliphatic heterocycles. The summed E-state index contributed by atoms with van der Waals surface area (Å²) in [5.41, 5.74) is 1.68. The van der Waals surface area contributed by atoms with E-state index in [2.05, 4.69) is 31.1 Å². The molecule has 2 N–H and O–H groups in total. The first-order valence-electron chi connectivity index (χ1n) is 7.14. The molecule has 20 heavy (non-hydrogen) atoms. The Labute approximate surface area is 117 Å². The average molecular weight is 267 g/mol. The smallest absolute Gasteiger partial charge is 0.144 e. The Balaban J connectivity index is 1.82. The fourth-order valence-corrected chi connectivity index (χ4v) is 3.61. The van der Waals surface area contributed by atoms with E-state index in [4.69, 9.17) is 6.42 Å². The molecule has 0 radical (unpaired) electrons. The Morgan fingerprint density at radius 1 is 1.35 bits per heavy atom. The van der Waals surface area contributed by atoms with Crippen LogP contribution >= 0.6 is 0 Å². The summed E-state index contributed by atoms with van der Waals surface area (Å²) in [4.78, 5) is 14.4. The van der Waals surface area contributed by atoms with Gasteiger partial charge in [0.1, 0.15) is 17.8 Å². The van der Waals surface area contributed by atoms with Gasteiger partial charge in [0.25, 0.3) is 0 Å². The number of piperidine rings is 1. The molecule has 2 fully saturated rings. The lowest BCUT2D eigenvalue weighted by Crippen LogP contribution is -2.46. The maximum absolute atomic E-state index is 5.60. The van der Waals surface area contributed by atoms with E-state index in [1.54, 1.807) is 6.33 Å². The predicted molar refractivity (Wildman–Crippen MR) is 78.6 cm³/mol. The Morgan fingerprint density at radius 2 is 2.30 bits per heavy atom. The second-order valence-corrected chi connectivity index (χ2v) is 5.57. The van der Waals surface area contributed by atoms with Gasteiger partial charge in [-0.05, 0) is 25.3 Å². The first-order valence-corrected chi connectivity index (χ1v) is 7.14. The minimum absolute atomic E-state index is 0.530. The molecule has 0 spiro atoms. The zero-order valence-corrected chi connectivity index (χ0v) is 11.3. The molecule has 4 heterocycles. The number of aromatic nitrogens is 3. The molecule has 0 amide bonds. The maximum Gasteiger partial charge on any atom is 0.144 e. The van der Waals surface area contributed by atoms with Gasteiger partial charge in [0, 0.05) is 25.3 Å². The van der Waals surface area contributed by atoms with Gasteiger partial charge >= 0.3 is 0 Å². The molecular weight excluding hydrogens is 250 g/mol. The quantitative estimate of drug-likeness (QED) is 0.760. The number of H-pyrrole nitrogens is 1. The molecule has 2 aliphatic rings. The Morgan fingerprint density at radius 3 is 3.20 bits per heavy atom. The van der Waals surface area contributed by atoms with Crippen LogP contribution in [0.3, 0.4) is 0 Å². The van der Waals surface area contributed by atoms with Crippen LogP contribution in [0.25, 0.3) is 11.0 Å². The van der Waals surface area contributed by atoms with Gasteiger partial charge < -0.3 is 15.2 Å². The Kier molecular flexibility index (Phi) is 2.64. The van der Waals surface area contributed by atoms with Crippen molar-refractivity contribution in [2.24, 2.45) is 5.92 Å². The van der Waals surface area contributed by atoms with Crippen molar-refractivity contribution in [3.05, 3.63) is 18.1 Å². The number of anilines is 1. The van der Waals surface area contributed by atoms with Crippen LogP contribution in [0.1, 0.15) is 18.4 Å². The van der Waals surface area contributed by atoms with Crippen LogP contribution < -0.4 is 10.2 Å². The fraction of sp³-hybridized carbons (Fsp3) is 0.467. The number of hydrogen-bond acceptors (Lipinski definition) is 4. The van der Waals surface area contributed by atoms with Crippen molar-refractivity contribution in [2.45, 2.75) is 18.9 Å². The van der Waals surface area contributed by atoms with Gasteiger partial charge in [-0.2, -0.15) is 0 Å². The molecular formula is C15H17N5. The number of nitrogens with zero attached hydrogens (tertiary/aromatic N) is 3. The van der Waals surface area contributed by atoms with Crippen LogP contribution in [-0.2, 0) is 0 Å². The predicted octanol–water partition coefficient (Wildman–Crippen LogP) is 1.13. The van der Waals surface area contributed by atoms with Crippen molar-refractivity contribution >= 4 is 16.9 Å². The topological polar surface area (TPSA) is 56.8 Å². The molecule has 2 atom stereocenters. The number of rotatable bonds is 1. The number of aromatic amines is 1. The number of fused-ring (bicyclic) bond motifs is 2. The Hall–Kier alpha value is -2.06. The maximum atomic E-state index is 5.60. The summed E-state index contributed by atoms with van der Waals surface area (Å²) in [5.74, 6) is 4.49. The summed E-state index contributed by atoms with van der Waals surface area (Å²) in [6.07, 6.45) is 11.6. The minimum atomic E-state index is 0.530. The van der Waals surface area contributed by atoms with Crippen LogP contribution in [0.2, 0.25) is 0 Å². The molecule has 0 unspecified atom stereocenters. The second-order valence-electron chi connectivity index (χ2n) is 5.57. The third-order valence-corrected chi connectivity index (χ3v) is 4.61. The van der Waals surface area contributed by atoms with Crippen LogP contribution in [0.4, 0.5) is 5.82 Å². The van der Waals surface area contributed by atoms with E-state index in [-0.39, 0.29) is 0 Å². The van der Waals surface area contributed by atoms with E-state index in [1.807, 2.05) is 6.20 Å². The zero-order chi connectivity index (χ0) is 13.5. The molecule has 0 aliphatic carbocycles. The molecule has 102 valence electrons. The van der Waals surface area contributed by atoms with E-state index >= 15 is 0 Å². The van der Waals surface area contributed by atoms with E-state index < -0.39 is 0 Å². The van der Waals surface area contributed by atoms with Gasteiger partial charge in [0.2, 0.25) is 0 Å². The number of terminal acetylenes is 1. The normalized spacial score (nSPS) is 25.6. The van der Waals surface area contributed by atoms with Crippen molar-refractivity contribution in [1.82, 2.24) is 20.3 Å². The first kappa shape index (κ1) is 11.7. The molecule has 4 rings (SSSR count).